The Morgan fingerprint density at radius 3 is 2.86 bits per heavy atom. The van der Waals surface area contributed by atoms with Gasteiger partial charge in [0.2, 0.25) is 0 Å². The van der Waals surface area contributed by atoms with Crippen molar-refractivity contribution < 1.29 is 4.28 Å². The van der Waals surface area contributed by atoms with Crippen molar-refractivity contribution in [3.05, 3.63) is 0 Å². The summed E-state index contributed by atoms with van der Waals surface area (Å²) in [5.41, 5.74) is 2.75. The van der Waals surface area contributed by atoms with Crippen molar-refractivity contribution in [1.82, 2.24) is 5.48 Å². The quantitative estimate of drug-likeness (QED) is 0.343. The minimum absolute atomic E-state index is 0.931. The first-order valence-corrected chi connectivity index (χ1v) is 3.49. The van der Waals surface area contributed by atoms with Crippen LogP contribution in [0.25, 0.3) is 0 Å². The van der Waals surface area contributed by atoms with Crippen LogP contribution in [0.4, 0.5) is 0 Å². The molecular formula is C4H11NOS. The second-order valence-electron chi connectivity index (χ2n) is 1.14. The molecule has 2 nitrogen and oxygen atoms in total. The molecule has 1 N–H and O–H groups in total. The van der Waals surface area contributed by atoms with Crippen LogP contribution in [0.5, 0.6) is 0 Å². The number of hydrogen-bond acceptors (Lipinski definition) is 3. The van der Waals surface area contributed by atoms with Gasteiger partial charge in [-0.25, -0.2) is 4.28 Å². The lowest BCUT2D eigenvalue weighted by Crippen LogP contribution is -2.09. The largest absolute Gasteiger partial charge is 0.232 e. The van der Waals surface area contributed by atoms with E-state index in [1.807, 2.05) is 6.26 Å². The van der Waals surface area contributed by atoms with Crippen molar-refractivity contribution in [3.8, 4) is 0 Å². The Labute approximate surface area is 48.8 Å². The predicted molar refractivity (Wildman–Crippen MR) is 32.9 cm³/mol. The normalized spacial score (nSPS) is 9.43. The molecule has 0 aromatic heterocycles. The fourth-order valence-electron chi connectivity index (χ4n) is 0.203. The van der Waals surface area contributed by atoms with Crippen LogP contribution in [0.1, 0.15) is 13.3 Å². The lowest BCUT2D eigenvalue weighted by Gasteiger charge is -1.95. The minimum atomic E-state index is 0.931. The molecule has 0 bridgehead atoms. The van der Waals surface area contributed by atoms with Crippen molar-refractivity contribution in [2.75, 3.05) is 12.8 Å². The van der Waals surface area contributed by atoms with Crippen LogP contribution in [-0.2, 0) is 4.28 Å². The zero-order chi connectivity index (χ0) is 5.54. The lowest BCUT2D eigenvalue weighted by molar-refractivity contribution is 0.240. The Bertz CT molecular complexity index is 30.9. The molecule has 0 aromatic carbocycles. The SMILES string of the molecule is CCCNOSC. The average molecular weight is 121 g/mol. The third-order valence-electron chi connectivity index (χ3n) is 0.494. The molecule has 0 spiro atoms. The molecule has 3 heteroatoms. The fraction of sp³-hybridized carbons (Fsp3) is 1.00. The van der Waals surface area contributed by atoms with E-state index in [1.165, 1.54) is 12.0 Å². The molecule has 0 heterocycles. The van der Waals surface area contributed by atoms with Gasteiger partial charge in [0.15, 0.2) is 0 Å². The van der Waals surface area contributed by atoms with Gasteiger partial charge in [0.25, 0.3) is 0 Å². The molecule has 0 radical (unpaired) electrons. The first kappa shape index (κ1) is 7.27. The summed E-state index contributed by atoms with van der Waals surface area (Å²) >= 11 is 1.33. The van der Waals surface area contributed by atoms with E-state index in [9.17, 15) is 0 Å². The molecular weight excluding hydrogens is 110 g/mol. The van der Waals surface area contributed by atoms with Gasteiger partial charge in [-0.3, -0.25) is 0 Å². The Kier molecular flexibility index (Phi) is 6.51. The summed E-state index contributed by atoms with van der Waals surface area (Å²) in [6.07, 6.45) is 2.99. The van der Waals surface area contributed by atoms with Gasteiger partial charge >= 0.3 is 0 Å². The molecule has 0 saturated heterocycles. The van der Waals surface area contributed by atoms with Crippen LogP contribution >= 0.6 is 12.0 Å². The van der Waals surface area contributed by atoms with Crippen LogP contribution in [-0.4, -0.2) is 12.8 Å². The number of hydrogen-bond donors (Lipinski definition) is 1. The van der Waals surface area contributed by atoms with Gasteiger partial charge in [-0.05, 0) is 6.42 Å². The Morgan fingerprint density at radius 2 is 2.43 bits per heavy atom. The Morgan fingerprint density at radius 1 is 1.71 bits per heavy atom. The average Bonchev–Trinajstić information content (AvgIpc) is 1.69. The van der Waals surface area contributed by atoms with E-state index < -0.39 is 0 Å². The molecule has 0 atom stereocenters. The van der Waals surface area contributed by atoms with E-state index in [2.05, 4.69) is 12.4 Å². The molecule has 0 aliphatic rings. The van der Waals surface area contributed by atoms with Gasteiger partial charge in [0.1, 0.15) is 0 Å². The third-order valence-corrected chi connectivity index (χ3v) is 0.779. The maximum absolute atomic E-state index is 4.74. The number of hydroxylamine groups is 1. The maximum atomic E-state index is 4.74. The zero-order valence-corrected chi connectivity index (χ0v) is 5.55. The monoisotopic (exact) mass is 121 g/mol. The summed E-state index contributed by atoms with van der Waals surface area (Å²) in [6, 6.07) is 0. The van der Waals surface area contributed by atoms with Crippen LogP contribution < -0.4 is 5.48 Å². The smallest absolute Gasteiger partial charge is 0.0219 e. The van der Waals surface area contributed by atoms with E-state index in [0.717, 1.165) is 13.0 Å². The van der Waals surface area contributed by atoms with Crippen molar-refractivity contribution in [3.63, 3.8) is 0 Å². The van der Waals surface area contributed by atoms with Gasteiger partial charge in [-0.15, -0.1) is 0 Å². The van der Waals surface area contributed by atoms with Crippen LogP contribution in [0.2, 0.25) is 0 Å². The van der Waals surface area contributed by atoms with Crippen molar-refractivity contribution in [2.45, 2.75) is 13.3 Å². The van der Waals surface area contributed by atoms with Gasteiger partial charge < -0.3 is 0 Å². The van der Waals surface area contributed by atoms with E-state index >= 15 is 0 Å². The summed E-state index contributed by atoms with van der Waals surface area (Å²) in [5, 5.41) is 0. The molecule has 7 heavy (non-hydrogen) atoms. The second kappa shape index (κ2) is 6.27. The van der Waals surface area contributed by atoms with Crippen molar-refractivity contribution >= 4 is 12.0 Å². The highest BCUT2D eigenvalue weighted by atomic mass is 32.2. The number of nitrogens with one attached hydrogen (secondary N) is 1. The van der Waals surface area contributed by atoms with Gasteiger partial charge in [0.05, 0.1) is 0 Å². The van der Waals surface area contributed by atoms with Crippen molar-refractivity contribution in [2.24, 2.45) is 0 Å². The molecule has 0 fully saturated rings. The van der Waals surface area contributed by atoms with E-state index in [0.29, 0.717) is 0 Å². The summed E-state index contributed by atoms with van der Waals surface area (Å²) in [4.78, 5) is 0. The van der Waals surface area contributed by atoms with E-state index in [1.54, 1.807) is 0 Å². The highest BCUT2D eigenvalue weighted by molar-refractivity contribution is 7.93. The summed E-state index contributed by atoms with van der Waals surface area (Å²) in [7, 11) is 0. The molecule has 44 valence electrons. The topological polar surface area (TPSA) is 21.3 Å². The Balaban J connectivity index is 2.45. The van der Waals surface area contributed by atoms with Gasteiger partial charge in [-0.2, -0.15) is 5.48 Å². The first-order chi connectivity index (χ1) is 3.41. The van der Waals surface area contributed by atoms with Crippen LogP contribution in [0, 0.1) is 0 Å². The Hall–Kier alpha value is 0.270. The van der Waals surface area contributed by atoms with Gasteiger partial charge in [-0.1, -0.05) is 6.92 Å². The summed E-state index contributed by atoms with van der Waals surface area (Å²) in [6.45, 7) is 3.03. The molecule has 0 unspecified atom stereocenters. The fourth-order valence-corrected chi connectivity index (χ4v) is 0.404. The molecule has 0 aliphatic carbocycles. The third kappa shape index (κ3) is 6.27. The molecule has 0 saturated carbocycles. The summed E-state index contributed by atoms with van der Waals surface area (Å²) < 4.78 is 4.74. The molecule has 0 amide bonds. The highest BCUT2D eigenvalue weighted by Crippen LogP contribution is 1.87. The number of rotatable bonds is 4. The molecule has 0 aliphatic heterocycles. The van der Waals surface area contributed by atoms with Crippen molar-refractivity contribution in [1.29, 1.82) is 0 Å². The minimum Gasteiger partial charge on any atom is -0.232 e. The van der Waals surface area contributed by atoms with Crippen LogP contribution in [0.15, 0.2) is 0 Å². The summed E-state index contributed by atoms with van der Waals surface area (Å²) in [5.74, 6) is 0. The molecule has 0 aromatic rings. The van der Waals surface area contributed by atoms with Crippen LogP contribution in [0.3, 0.4) is 0 Å². The molecule has 0 rings (SSSR count). The van der Waals surface area contributed by atoms with E-state index in [-0.39, 0.29) is 0 Å². The standard InChI is InChI=1S/C4H11NOS/c1-3-4-5-6-7-2/h5H,3-4H2,1-2H3. The van der Waals surface area contributed by atoms with E-state index in [4.69, 9.17) is 4.28 Å². The maximum Gasteiger partial charge on any atom is 0.0219 e. The van der Waals surface area contributed by atoms with Gasteiger partial charge in [0, 0.05) is 24.8 Å². The lowest BCUT2D eigenvalue weighted by atomic mass is 10.5. The predicted octanol–water partition coefficient (Wildman–Crippen LogP) is 1.20. The zero-order valence-electron chi connectivity index (χ0n) is 4.73. The first-order valence-electron chi connectivity index (χ1n) is 2.34. The second-order valence-corrected chi connectivity index (χ2v) is 1.64. The highest BCUT2D eigenvalue weighted by Gasteiger charge is 1.76.